The lowest BCUT2D eigenvalue weighted by molar-refractivity contribution is -0.200. The van der Waals surface area contributed by atoms with Gasteiger partial charge in [-0.05, 0) is 19.3 Å². The Bertz CT molecular complexity index is 159. The summed E-state index contributed by atoms with van der Waals surface area (Å²) in [5, 5.41) is 19.1. The van der Waals surface area contributed by atoms with Crippen molar-refractivity contribution in [3.63, 3.8) is 0 Å². The van der Waals surface area contributed by atoms with Gasteiger partial charge in [0.15, 0.2) is 5.79 Å². The van der Waals surface area contributed by atoms with Gasteiger partial charge in [0, 0.05) is 12.8 Å². The Morgan fingerprint density at radius 2 is 2.09 bits per heavy atom. The molecule has 2 heterocycles. The average molecular weight is 158 g/mol. The molecule has 3 heteroatoms. The van der Waals surface area contributed by atoms with Crippen molar-refractivity contribution in [1.82, 2.24) is 0 Å². The average Bonchev–Trinajstić information content (AvgIpc) is 2.25. The smallest absolute Gasteiger partial charge is 0.166 e. The molecule has 2 rings (SSSR count). The second-order valence-corrected chi connectivity index (χ2v) is 3.60. The second kappa shape index (κ2) is 2.44. The van der Waals surface area contributed by atoms with Gasteiger partial charge >= 0.3 is 0 Å². The third-order valence-corrected chi connectivity index (χ3v) is 2.69. The molecule has 0 aliphatic carbocycles. The fourth-order valence-corrected chi connectivity index (χ4v) is 2.00. The standard InChI is InChI=1S/C8H14O3/c9-6-2-1-4-8(10)5-3-7(6)11-8/h6-7,9-10H,1-5H2. The highest BCUT2D eigenvalue weighted by molar-refractivity contribution is 4.87. The first-order valence-corrected chi connectivity index (χ1v) is 4.28. The molecule has 2 aliphatic heterocycles. The van der Waals surface area contributed by atoms with Gasteiger partial charge in [0.05, 0.1) is 12.2 Å². The Morgan fingerprint density at radius 3 is 2.91 bits per heavy atom. The third-order valence-electron chi connectivity index (χ3n) is 2.69. The van der Waals surface area contributed by atoms with Crippen molar-refractivity contribution >= 4 is 0 Å². The molecule has 0 saturated carbocycles. The summed E-state index contributed by atoms with van der Waals surface area (Å²) in [5.74, 6) is -0.901. The van der Waals surface area contributed by atoms with Crippen molar-refractivity contribution in [1.29, 1.82) is 0 Å². The summed E-state index contributed by atoms with van der Waals surface area (Å²) in [5.41, 5.74) is 0. The number of rotatable bonds is 0. The summed E-state index contributed by atoms with van der Waals surface area (Å²) >= 11 is 0. The van der Waals surface area contributed by atoms with Crippen LogP contribution in [-0.4, -0.2) is 28.2 Å². The predicted octanol–water partition coefficient (Wildman–Crippen LogP) is 0.399. The highest BCUT2D eigenvalue weighted by Gasteiger charge is 2.43. The molecule has 3 nitrogen and oxygen atoms in total. The Kier molecular flexibility index (Phi) is 1.67. The highest BCUT2D eigenvalue weighted by Crippen LogP contribution is 2.37. The van der Waals surface area contributed by atoms with Crippen LogP contribution in [0.4, 0.5) is 0 Å². The Morgan fingerprint density at radius 1 is 1.27 bits per heavy atom. The number of fused-ring (bicyclic) bond motifs is 2. The molecule has 2 aliphatic rings. The summed E-state index contributed by atoms with van der Waals surface area (Å²) in [6, 6.07) is 0. The molecule has 2 saturated heterocycles. The summed E-state index contributed by atoms with van der Waals surface area (Å²) in [7, 11) is 0. The first-order chi connectivity index (χ1) is 5.20. The molecule has 0 radical (unpaired) electrons. The van der Waals surface area contributed by atoms with Crippen LogP contribution >= 0.6 is 0 Å². The van der Waals surface area contributed by atoms with Crippen molar-refractivity contribution in [3.05, 3.63) is 0 Å². The van der Waals surface area contributed by atoms with Crippen LogP contribution in [0.15, 0.2) is 0 Å². The van der Waals surface area contributed by atoms with E-state index >= 15 is 0 Å². The Labute approximate surface area is 66.0 Å². The van der Waals surface area contributed by atoms with E-state index in [0.29, 0.717) is 12.8 Å². The van der Waals surface area contributed by atoms with Gasteiger partial charge in [0.2, 0.25) is 0 Å². The van der Waals surface area contributed by atoms with Crippen LogP contribution in [0, 0.1) is 0 Å². The lowest BCUT2D eigenvalue weighted by Crippen LogP contribution is -2.29. The largest absolute Gasteiger partial charge is 0.390 e. The zero-order valence-electron chi connectivity index (χ0n) is 6.49. The van der Waals surface area contributed by atoms with Crippen LogP contribution in [0.1, 0.15) is 32.1 Å². The van der Waals surface area contributed by atoms with Crippen molar-refractivity contribution < 1.29 is 14.9 Å². The first kappa shape index (κ1) is 7.53. The maximum absolute atomic E-state index is 9.69. The summed E-state index contributed by atoms with van der Waals surface area (Å²) in [6.07, 6.45) is 3.35. The predicted molar refractivity (Wildman–Crippen MR) is 38.9 cm³/mol. The van der Waals surface area contributed by atoms with Crippen molar-refractivity contribution in [2.45, 2.75) is 50.1 Å². The van der Waals surface area contributed by atoms with Crippen molar-refractivity contribution in [2.24, 2.45) is 0 Å². The van der Waals surface area contributed by atoms with Gasteiger partial charge < -0.3 is 14.9 Å². The minimum atomic E-state index is -0.901. The summed E-state index contributed by atoms with van der Waals surface area (Å²) < 4.78 is 5.33. The normalized spacial score (nSPS) is 50.7. The van der Waals surface area contributed by atoms with E-state index in [4.69, 9.17) is 4.74 Å². The minimum Gasteiger partial charge on any atom is -0.390 e. The molecule has 0 spiro atoms. The molecule has 0 aromatic rings. The zero-order valence-corrected chi connectivity index (χ0v) is 6.49. The number of hydrogen-bond acceptors (Lipinski definition) is 3. The SMILES string of the molecule is OC1CCCC2(O)CCC1O2. The fraction of sp³-hybridized carbons (Fsp3) is 1.00. The molecular formula is C8H14O3. The van der Waals surface area contributed by atoms with E-state index in [1.54, 1.807) is 0 Å². The number of hydrogen-bond donors (Lipinski definition) is 2. The van der Waals surface area contributed by atoms with Gasteiger partial charge in [-0.25, -0.2) is 0 Å². The quantitative estimate of drug-likeness (QED) is 0.536. The van der Waals surface area contributed by atoms with Crippen LogP contribution in [0.3, 0.4) is 0 Å². The van der Waals surface area contributed by atoms with Gasteiger partial charge in [0.25, 0.3) is 0 Å². The van der Waals surface area contributed by atoms with E-state index < -0.39 is 5.79 Å². The molecule has 0 aromatic heterocycles. The molecule has 2 N–H and O–H groups in total. The minimum absolute atomic E-state index is 0.109. The van der Waals surface area contributed by atoms with Crippen LogP contribution in [-0.2, 0) is 4.74 Å². The first-order valence-electron chi connectivity index (χ1n) is 4.28. The van der Waals surface area contributed by atoms with Crippen molar-refractivity contribution in [3.8, 4) is 0 Å². The monoisotopic (exact) mass is 158 g/mol. The lowest BCUT2D eigenvalue weighted by atomic mass is 9.97. The van der Waals surface area contributed by atoms with E-state index in [1.807, 2.05) is 0 Å². The summed E-state index contributed by atoms with van der Waals surface area (Å²) in [6.45, 7) is 0. The van der Waals surface area contributed by atoms with E-state index in [9.17, 15) is 10.2 Å². The molecule has 3 atom stereocenters. The molecule has 3 unspecified atom stereocenters. The fourth-order valence-electron chi connectivity index (χ4n) is 2.00. The van der Waals surface area contributed by atoms with Crippen LogP contribution in [0.5, 0.6) is 0 Å². The molecule has 0 amide bonds. The van der Waals surface area contributed by atoms with Gasteiger partial charge in [-0.15, -0.1) is 0 Å². The molecule has 2 fully saturated rings. The lowest BCUT2D eigenvalue weighted by Gasteiger charge is -2.20. The number of ether oxygens (including phenoxy) is 1. The Hall–Kier alpha value is -0.120. The van der Waals surface area contributed by atoms with Crippen LogP contribution < -0.4 is 0 Å². The highest BCUT2D eigenvalue weighted by atomic mass is 16.6. The number of aliphatic hydroxyl groups excluding tert-OH is 1. The summed E-state index contributed by atoms with van der Waals surface area (Å²) in [4.78, 5) is 0. The van der Waals surface area contributed by atoms with Gasteiger partial charge in [-0.2, -0.15) is 0 Å². The second-order valence-electron chi connectivity index (χ2n) is 3.60. The molecular weight excluding hydrogens is 144 g/mol. The maximum atomic E-state index is 9.69. The molecule has 0 aromatic carbocycles. The zero-order chi connectivity index (χ0) is 7.90. The molecule has 11 heavy (non-hydrogen) atoms. The van der Waals surface area contributed by atoms with E-state index in [1.165, 1.54) is 0 Å². The maximum Gasteiger partial charge on any atom is 0.166 e. The van der Waals surface area contributed by atoms with Crippen LogP contribution in [0.25, 0.3) is 0 Å². The topological polar surface area (TPSA) is 49.7 Å². The van der Waals surface area contributed by atoms with Crippen LogP contribution in [0.2, 0.25) is 0 Å². The Balaban J connectivity index is 2.12. The van der Waals surface area contributed by atoms with Gasteiger partial charge in [-0.1, -0.05) is 0 Å². The van der Waals surface area contributed by atoms with Gasteiger partial charge in [-0.3, -0.25) is 0 Å². The van der Waals surface area contributed by atoms with E-state index in [2.05, 4.69) is 0 Å². The van der Waals surface area contributed by atoms with E-state index in [0.717, 1.165) is 19.3 Å². The van der Waals surface area contributed by atoms with Crippen molar-refractivity contribution in [2.75, 3.05) is 0 Å². The third kappa shape index (κ3) is 1.28. The van der Waals surface area contributed by atoms with E-state index in [-0.39, 0.29) is 12.2 Å². The molecule has 64 valence electrons. The number of aliphatic hydroxyl groups is 2. The van der Waals surface area contributed by atoms with Gasteiger partial charge in [0.1, 0.15) is 0 Å². The molecule has 2 bridgehead atoms.